The van der Waals surface area contributed by atoms with Crippen LogP contribution in [0, 0.1) is 0 Å². The summed E-state index contributed by atoms with van der Waals surface area (Å²) in [4.78, 5) is 8.70. The van der Waals surface area contributed by atoms with Gasteiger partial charge in [-0.15, -0.1) is 0 Å². The van der Waals surface area contributed by atoms with Gasteiger partial charge >= 0.3 is 0 Å². The lowest BCUT2D eigenvalue weighted by Gasteiger charge is -2.13. The second-order valence-corrected chi connectivity index (χ2v) is 6.36. The van der Waals surface area contributed by atoms with Gasteiger partial charge in [-0.2, -0.15) is 0 Å². The van der Waals surface area contributed by atoms with E-state index in [-0.39, 0.29) is 0 Å². The fraction of sp³-hybridized carbons (Fsp3) is 0.524. The van der Waals surface area contributed by atoms with Crippen LogP contribution < -0.4 is 20.1 Å². The summed E-state index contributed by atoms with van der Waals surface area (Å²) in [5, 5.41) is 6.71. The maximum absolute atomic E-state index is 5.65. The van der Waals surface area contributed by atoms with Crippen molar-refractivity contribution in [2.24, 2.45) is 4.99 Å². The van der Waals surface area contributed by atoms with E-state index >= 15 is 0 Å². The molecule has 0 saturated carbocycles. The lowest BCUT2D eigenvalue weighted by atomic mass is 10.1. The van der Waals surface area contributed by atoms with Gasteiger partial charge in [-0.1, -0.05) is 6.07 Å². The smallest absolute Gasteiger partial charge is 0.191 e. The number of aryl methyl sites for hydroxylation is 2. The van der Waals surface area contributed by atoms with Crippen molar-refractivity contribution in [1.82, 2.24) is 20.2 Å². The number of benzene rings is 1. The van der Waals surface area contributed by atoms with Gasteiger partial charge in [0, 0.05) is 38.6 Å². The van der Waals surface area contributed by atoms with Gasteiger partial charge in [-0.25, -0.2) is 4.98 Å². The van der Waals surface area contributed by atoms with Crippen molar-refractivity contribution >= 4 is 5.96 Å². The van der Waals surface area contributed by atoms with Crippen molar-refractivity contribution in [1.29, 1.82) is 0 Å². The molecule has 0 unspecified atom stereocenters. The molecule has 28 heavy (non-hydrogen) atoms. The summed E-state index contributed by atoms with van der Waals surface area (Å²) in [5.41, 5.74) is 1.24. The van der Waals surface area contributed by atoms with Gasteiger partial charge in [-0.3, -0.25) is 4.99 Å². The van der Waals surface area contributed by atoms with Crippen molar-refractivity contribution in [3.63, 3.8) is 0 Å². The summed E-state index contributed by atoms with van der Waals surface area (Å²) in [6.07, 6.45) is 8.58. The average Bonchev–Trinajstić information content (AvgIpc) is 3.22. The second kappa shape index (κ2) is 12.6. The minimum atomic E-state index is 0.630. The van der Waals surface area contributed by atoms with E-state index in [1.165, 1.54) is 5.56 Å². The fourth-order valence-electron chi connectivity index (χ4n) is 2.85. The second-order valence-electron chi connectivity index (χ2n) is 6.36. The standard InChI is InChI=1S/C21H33N5O2/c1-4-23-21(25-12-7-14-26-15-13-22-17-26)24-11-6-8-18-9-10-19(27-3)20(16-18)28-5-2/h9-10,13,15-17H,4-8,11-12,14H2,1-3H3,(H2,23,24,25). The molecule has 2 rings (SSSR count). The summed E-state index contributed by atoms with van der Waals surface area (Å²) >= 11 is 0. The van der Waals surface area contributed by atoms with Crippen LogP contribution >= 0.6 is 0 Å². The Morgan fingerprint density at radius 2 is 2.07 bits per heavy atom. The molecule has 0 aliphatic rings. The van der Waals surface area contributed by atoms with Crippen LogP contribution in [0.5, 0.6) is 11.5 Å². The topological polar surface area (TPSA) is 72.7 Å². The molecule has 0 aliphatic heterocycles. The minimum absolute atomic E-state index is 0.630. The summed E-state index contributed by atoms with van der Waals surface area (Å²) in [6.45, 7) is 8.12. The van der Waals surface area contributed by atoms with E-state index in [9.17, 15) is 0 Å². The molecule has 0 radical (unpaired) electrons. The average molecular weight is 388 g/mol. The normalized spacial score (nSPS) is 11.3. The zero-order chi connectivity index (χ0) is 20.0. The predicted octanol–water partition coefficient (Wildman–Crippen LogP) is 2.87. The molecule has 7 heteroatoms. The Morgan fingerprint density at radius 3 is 2.79 bits per heavy atom. The molecule has 2 N–H and O–H groups in total. The third kappa shape index (κ3) is 7.50. The highest BCUT2D eigenvalue weighted by atomic mass is 16.5. The molecule has 0 aliphatic carbocycles. The molecule has 2 aromatic rings. The maximum atomic E-state index is 5.65. The van der Waals surface area contributed by atoms with E-state index in [1.807, 2.05) is 25.5 Å². The van der Waals surface area contributed by atoms with E-state index in [0.717, 1.165) is 62.9 Å². The van der Waals surface area contributed by atoms with Crippen molar-refractivity contribution in [3.8, 4) is 11.5 Å². The number of rotatable bonds is 12. The Kier molecular flexibility index (Phi) is 9.75. The summed E-state index contributed by atoms with van der Waals surface area (Å²) in [5.74, 6) is 2.46. The number of nitrogens with zero attached hydrogens (tertiary/aromatic N) is 3. The monoisotopic (exact) mass is 387 g/mol. The van der Waals surface area contributed by atoms with Crippen LogP contribution in [0.2, 0.25) is 0 Å². The van der Waals surface area contributed by atoms with Crippen molar-refractivity contribution in [2.45, 2.75) is 39.7 Å². The number of hydrogen-bond donors (Lipinski definition) is 2. The Bertz CT molecular complexity index is 701. The summed E-state index contributed by atoms with van der Waals surface area (Å²) in [7, 11) is 1.67. The SMILES string of the molecule is CCNC(=NCCCn1ccnc1)NCCCc1ccc(OC)c(OCC)c1. The van der Waals surface area contributed by atoms with E-state index in [4.69, 9.17) is 9.47 Å². The van der Waals surface area contributed by atoms with Crippen LogP contribution in [0.3, 0.4) is 0 Å². The Balaban J connectivity index is 1.74. The lowest BCUT2D eigenvalue weighted by molar-refractivity contribution is 0.310. The van der Waals surface area contributed by atoms with Crippen LogP contribution in [0.25, 0.3) is 0 Å². The number of guanidine groups is 1. The number of hydrogen-bond acceptors (Lipinski definition) is 4. The van der Waals surface area contributed by atoms with Crippen molar-refractivity contribution in [3.05, 3.63) is 42.5 Å². The van der Waals surface area contributed by atoms with E-state index in [0.29, 0.717) is 6.61 Å². The Morgan fingerprint density at radius 1 is 1.18 bits per heavy atom. The zero-order valence-corrected chi connectivity index (χ0v) is 17.3. The van der Waals surface area contributed by atoms with E-state index < -0.39 is 0 Å². The third-order valence-electron chi connectivity index (χ3n) is 4.21. The number of methoxy groups -OCH3 is 1. The molecular weight excluding hydrogens is 354 g/mol. The number of aliphatic imine (C=N–C) groups is 1. The molecule has 0 spiro atoms. The quantitative estimate of drug-likeness (QED) is 0.333. The van der Waals surface area contributed by atoms with Gasteiger partial charge < -0.3 is 24.7 Å². The molecule has 0 saturated heterocycles. The van der Waals surface area contributed by atoms with Crippen LogP contribution in [-0.2, 0) is 13.0 Å². The molecule has 0 atom stereocenters. The van der Waals surface area contributed by atoms with Gasteiger partial charge in [0.1, 0.15) is 0 Å². The fourth-order valence-corrected chi connectivity index (χ4v) is 2.85. The van der Waals surface area contributed by atoms with Crippen LogP contribution in [0.15, 0.2) is 41.9 Å². The first kappa shape index (κ1) is 21.6. The highest BCUT2D eigenvalue weighted by molar-refractivity contribution is 5.79. The minimum Gasteiger partial charge on any atom is -0.493 e. The van der Waals surface area contributed by atoms with Crippen molar-refractivity contribution < 1.29 is 9.47 Å². The first-order valence-corrected chi connectivity index (χ1v) is 10.0. The van der Waals surface area contributed by atoms with E-state index in [2.05, 4.69) is 44.2 Å². The number of imidazole rings is 1. The Hall–Kier alpha value is -2.70. The predicted molar refractivity (Wildman–Crippen MR) is 113 cm³/mol. The first-order chi connectivity index (χ1) is 13.8. The zero-order valence-electron chi connectivity index (χ0n) is 17.3. The molecule has 0 fully saturated rings. The Labute approximate surface area is 168 Å². The largest absolute Gasteiger partial charge is 0.493 e. The molecular formula is C21H33N5O2. The van der Waals surface area contributed by atoms with Gasteiger partial charge in [-0.05, 0) is 50.8 Å². The van der Waals surface area contributed by atoms with Crippen molar-refractivity contribution in [2.75, 3.05) is 33.4 Å². The molecule has 154 valence electrons. The lowest BCUT2D eigenvalue weighted by Crippen LogP contribution is -2.38. The first-order valence-electron chi connectivity index (χ1n) is 10.0. The number of nitrogens with one attached hydrogen (secondary N) is 2. The molecule has 1 heterocycles. The molecule has 7 nitrogen and oxygen atoms in total. The van der Waals surface area contributed by atoms with Gasteiger partial charge in [0.25, 0.3) is 0 Å². The van der Waals surface area contributed by atoms with Gasteiger partial charge in [0.05, 0.1) is 20.0 Å². The van der Waals surface area contributed by atoms with Gasteiger partial charge in [0.2, 0.25) is 0 Å². The maximum Gasteiger partial charge on any atom is 0.191 e. The molecule has 0 bridgehead atoms. The van der Waals surface area contributed by atoms with Gasteiger partial charge in [0.15, 0.2) is 17.5 Å². The van der Waals surface area contributed by atoms with Crippen LogP contribution in [0.4, 0.5) is 0 Å². The number of ether oxygens (including phenoxy) is 2. The van der Waals surface area contributed by atoms with Crippen LogP contribution in [-0.4, -0.2) is 48.9 Å². The summed E-state index contributed by atoms with van der Waals surface area (Å²) in [6, 6.07) is 6.13. The molecule has 1 aromatic heterocycles. The molecule has 1 aromatic carbocycles. The highest BCUT2D eigenvalue weighted by Crippen LogP contribution is 2.28. The van der Waals surface area contributed by atoms with E-state index in [1.54, 1.807) is 13.3 Å². The highest BCUT2D eigenvalue weighted by Gasteiger charge is 2.05. The third-order valence-corrected chi connectivity index (χ3v) is 4.21. The van der Waals surface area contributed by atoms with Crippen LogP contribution in [0.1, 0.15) is 32.3 Å². The number of aromatic nitrogens is 2. The molecule has 0 amide bonds. The summed E-state index contributed by atoms with van der Waals surface area (Å²) < 4.78 is 13.1.